The topological polar surface area (TPSA) is 67.2 Å². The maximum atomic E-state index is 11.9. The van der Waals surface area contributed by atoms with Gasteiger partial charge in [0, 0.05) is 36.8 Å². The van der Waals surface area contributed by atoms with E-state index in [1.807, 2.05) is 12.1 Å². The van der Waals surface area contributed by atoms with Gasteiger partial charge < -0.3 is 16.4 Å². The zero-order chi connectivity index (χ0) is 11.1. The Morgan fingerprint density at radius 2 is 2.12 bits per heavy atom. The first-order valence-electron chi connectivity index (χ1n) is 5.64. The Morgan fingerprint density at radius 3 is 3.00 bits per heavy atom. The summed E-state index contributed by atoms with van der Waals surface area (Å²) in [5, 5.41) is 6.34. The third-order valence-corrected chi connectivity index (χ3v) is 3.59. The van der Waals surface area contributed by atoms with Gasteiger partial charge in [0.1, 0.15) is 0 Å². The average Bonchev–Trinajstić information content (AvgIpc) is 2.69. The standard InChI is InChI=1S/C12H15N3O/c13-8-1-2-9-10(3-8)12(16)15-5-7-4-14-6-11(7)9/h1-3,7,11,14H,4-6,13H2,(H,15,16). The first kappa shape index (κ1) is 9.66. The van der Waals surface area contributed by atoms with Crippen LogP contribution in [-0.2, 0) is 0 Å². The van der Waals surface area contributed by atoms with E-state index in [0.29, 0.717) is 17.5 Å². The predicted molar refractivity (Wildman–Crippen MR) is 62.3 cm³/mol. The van der Waals surface area contributed by atoms with Crippen molar-refractivity contribution in [1.82, 2.24) is 10.6 Å². The van der Waals surface area contributed by atoms with Gasteiger partial charge >= 0.3 is 0 Å². The smallest absolute Gasteiger partial charge is 0.251 e. The summed E-state index contributed by atoms with van der Waals surface area (Å²) in [5.41, 5.74) is 8.27. The number of rotatable bonds is 0. The highest BCUT2D eigenvalue weighted by molar-refractivity contribution is 5.97. The van der Waals surface area contributed by atoms with Gasteiger partial charge in [-0.2, -0.15) is 0 Å². The Balaban J connectivity index is 2.12. The fourth-order valence-corrected chi connectivity index (χ4v) is 2.72. The maximum Gasteiger partial charge on any atom is 0.251 e. The van der Waals surface area contributed by atoms with Crippen LogP contribution in [0.5, 0.6) is 0 Å². The lowest BCUT2D eigenvalue weighted by atomic mass is 9.87. The normalized spacial score (nSPS) is 27.9. The van der Waals surface area contributed by atoms with Crippen LogP contribution in [0.4, 0.5) is 5.69 Å². The molecular weight excluding hydrogens is 202 g/mol. The van der Waals surface area contributed by atoms with Gasteiger partial charge in [0.15, 0.2) is 0 Å². The molecule has 0 spiro atoms. The second-order valence-corrected chi connectivity index (χ2v) is 4.58. The maximum absolute atomic E-state index is 11.9. The van der Waals surface area contributed by atoms with Crippen molar-refractivity contribution < 1.29 is 4.79 Å². The largest absolute Gasteiger partial charge is 0.399 e. The Morgan fingerprint density at radius 1 is 1.25 bits per heavy atom. The summed E-state index contributed by atoms with van der Waals surface area (Å²) < 4.78 is 0. The van der Waals surface area contributed by atoms with Crippen LogP contribution in [0, 0.1) is 5.92 Å². The molecule has 1 aromatic carbocycles. The average molecular weight is 217 g/mol. The van der Waals surface area contributed by atoms with E-state index in [0.717, 1.165) is 30.8 Å². The van der Waals surface area contributed by atoms with E-state index >= 15 is 0 Å². The second-order valence-electron chi connectivity index (χ2n) is 4.58. The Hall–Kier alpha value is -1.55. The third kappa shape index (κ3) is 1.38. The van der Waals surface area contributed by atoms with Crippen LogP contribution in [0.3, 0.4) is 0 Å². The van der Waals surface area contributed by atoms with Gasteiger partial charge in [0.25, 0.3) is 5.91 Å². The molecule has 0 bridgehead atoms. The quantitative estimate of drug-likeness (QED) is 0.548. The van der Waals surface area contributed by atoms with Crippen molar-refractivity contribution in [3.8, 4) is 0 Å². The summed E-state index contributed by atoms with van der Waals surface area (Å²) in [5.74, 6) is 0.958. The lowest BCUT2D eigenvalue weighted by molar-refractivity contribution is 0.0952. The first-order valence-corrected chi connectivity index (χ1v) is 5.64. The molecule has 3 rings (SSSR count). The molecule has 1 amide bonds. The lowest BCUT2D eigenvalue weighted by Gasteiger charge is -2.16. The molecule has 4 heteroatoms. The Kier molecular flexibility index (Phi) is 2.11. The Labute approximate surface area is 94.2 Å². The van der Waals surface area contributed by atoms with Gasteiger partial charge in [-0.05, 0) is 23.6 Å². The van der Waals surface area contributed by atoms with Crippen molar-refractivity contribution in [2.45, 2.75) is 5.92 Å². The monoisotopic (exact) mass is 217 g/mol. The number of carbonyl (C=O) groups is 1. The minimum Gasteiger partial charge on any atom is -0.399 e. The summed E-state index contributed by atoms with van der Waals surface area (Å²) in [6.45, 7) is 2.69. The number of benzene rings is 1. The number of fused-ring (bicyclic) bond motifs is 3. The summed E-state index contributed by atoms with van der Waals surface area (Å²) in [6, 6.07) is 5.67. The molecule has 0 radical (unpaired) electrons. The van der Waals surface area contributed by atoms with Crippen molar-refractivity contribution in [1.29, 1.82) is 0 Å². The van der Waals surface area contributed by atoms with E-state index in [2.05, 4.69) is 10.6 Å². The molecule has 2 unspecified atom stereocenters. The predicted octanol–water partition coefficient (Wildman–Crippen LogP) is 0.315. The van der Waals surface area contributed by atoms with E-state index in [9.17, 15) is 4.79 Å². The van der Waals surface area contributed by atoms with Crippen molar-refractivity contribution >= 4 is 11.6 Å². The molecule has 2 aliphatic heterocycles. The van der Waals surface area contributed by atoms with Crippen LogP contribution in [0.1, 0.15) is 21.8 Å². The molecule has 1 aromatic rings. The molecular formula is C12H15N3O. The van der Waals surface area contributed by atoms with Crippen LogP contribution in [-0.4, -0.2) is 25.5 Å². The van der Waals surface area contributed by atoms with Crippen LogP contribution in [0.2, 0.25) is 0 Å². The molecule has 0 aromatic heterocycles. The summed E-state index contributed by atoms with van der Waals surface area (Å²) >= 11 is 0. The van der Waals surface area contributed by atoms with E-state index in [1.165, 1.54) is 0 Å². The molecule has 0 aliphatic carbocycles. The number of amides is 1. The number of hydrogen-bond acceptors (Lipinski definition) is 3. The molecule has 16 heavy (non-hydrogen) atoms. The van der Waals surface area contributed by atoms with Crippen LogP contribution in [0.15, 0.2) is 18.2 Å². The van der Waals surface area contributed by atoms with E-state index in [4.69, 9.17) is 5.73 Å². The van der Waals surface area contributed by atoms with Crippen LogP contribution >= 0.6 is 0 Å². The van der Waals surface area contributed by atoms with Gasteiger partial charge in [0.2, 0.25) is 0 Å². The highest BCUT2D eigenvalue weighted by atomic mass is 16.1. The van der Waals surface area contributed by atoms with Gasteiger partial charge in [-0.3, -0.25) is 4.79 Å². The highest BCUT2D eigenvalue weighted by Gasteiger charge is 2.33. The third-order valence-electron chi connectivity index (χ3n) is 3.59. The van der Waals surface area contributed by atoms with Crippen molar-refractivity contribution in [2.75, 3.05) is 25.4 Å². The lowest BCUT2D eigenvalue weighted by Crippen LogP contribution is -2.28. The van der Waals surface area contributed by atoms with Gasteiger partial charge in [0.05, 0.1) is 0 Å². The van der Waals surface area contributed by atoms with Gasteiger partial charge in [-0.25, -0.2) is 0 Å². The Bertz CT molecular complexity index is 444. The molecule has 0 saturated carbocycles. The molecule has 2 atom stereocenters. The van der Waals surface area contributed by atoms with Crippen molar-refractivity contribution in [2.24, 2.45) is 5.92 Å². The van der Waals surface area contributed by atoms with Crippen molar-refractivity contribution in [3.63, 3.8) is 0 Å². The molecule has 4 nitrogen and oxygen atoms in total. The number of nitrogens with one attached hydrogen (secondary N) is 2. The van der Waals surface area contributed by atoms with Crippen molar-refractivity contribution in [3.05, 3.63) is 29.3 Å². The number of anilines is 1. The molecule has 84 valence electrons. The van der Waals surface area contributed by atoms with Gasteiger partial charge in [-0.1, -0.05) is 6.07 Å². The second kappa shape index (κ2) is 3.49. The summed E-state index contributed by atoms with van der Waals surface area (Å²) in [7, 11) is 0. The van der Waals surface area contributed by atoms with E-state index in [1.54, 1.807) is 6.07 Å². The SMILES string of the molecule is Nc1ccc2c(c1)C(=O)NCC1CNCC21. The molecule has 2 heterocycles. The fourth-order valence-electron chi connectivity index (χ4n) is 2.72. The van der Waals surface area contributed by atoms with E-state index < -0.39 is 0 Å². The van der Waals surface area contributed by atoms with Crippen LogP contribution in [0.25, 0.3) is 0 Å². The van der Waals surface area contributed by atoms with E-state index in [-0.39, 0.29) is 5.91 Å². The number of carbonyl (C=O) groups excluding carboxylic acids is 1. The summed E-state index contributed by atoms with van der Waals surface area (Å²) in [4.78, 5) is 11.9. The molecule has 1 saturated heterocycles. The first-order chi connectivity index (χ1) is 7.75. The zero-order valence-corrected chi connectivity index (χ0v) is 8.99. The molecule has 2 aliphatic rings. The number of hydrogen-bond donors (Lipinski definition) is 3. The minimum atomic E-state index is 0.0108. The number of nitrogen functional groups attached to an aromatic ring is 1. The number of nitrogens with two attached hydrogens (primary N) is 1. The molecule has 4 N–H and O–H groups in total. The highest BCUT2D eigenvalue weighted by Crippen LogP contribution is 2.33. The summed E-state index contributed by atoms with van der Waals surface area (Å²) in [6.07, 6.45) is 0. The fraction of sp³-hybridized carbons (Fsp3) is 0.417. The molecule has 1 fully saturated rings. The van der Waals surface area contributed by atoms with Gasteiger partial charge in [-0.15, -0.1) is 0 Å². The zero-order valence-electron chi connectivity index (χ0n) is 8.99. The van der Waals surface area contributed by atoms with Crippen LogP contribution < -0.4 is 16.4 Å². The minimum absolute atomic E-state index is 0.0108.